The lowest BCUT2D eigenvalue weighted by atomic mass is 10.1. The van der Waals surface area contributed by atoms with Crippen LogP contribution in [-0.4, -0.2) is 31.2 Å². The second-order valence-corrected chi connectivity index (χ2v) is 5.27. The van der Waals surface area contributed by atoms with Crippen LogP contribution in [-0.2, 0) is 0 Å². The lowest BCUT2D eigenvalue weighted by molar-refractivity contribution is -0.897. The molecule has 0 N–H and O–H groups in total. The largest absolute Gasteiger partial charge is 1.00 e. The van der Waals surface area contributed by atoms with Crippen molar-refractivity contribution in [2.24, 2.45) is 0 Å². The summed E-state index contributed by atoms with van der Waals surface area (Å²) in [6, 6.07) is 0. The molecule has 0 amide bonds. The molecule has 92 valence electrons. The van der Waals surface area contributed by atoms with Gasteiger partial charge in [-0.15, -0.1) is 0 Å². The molecule has 0 aromatic carbocycles. The molecule has 0 aromatic rings. The van der Waals surface area contributed by atoms with Crippen LogP contribution in [0.15, 0.2) is 0 Å². The molecule has 0 aromatic heterocycles. The Bertz CT molecular complexity index is 141. The molecule has 0 aliphatic carbocycles. The first kappa shape index (κ1) is 14.9. The minimum atomic E-state index is 0. The lowest BCUT2D eigenvalue weighted by Crippen LogP contribution is -3.00. The molecule has 1 nitrogen and oxygen atoms in total. The van der Waals surface area contributed by atoms with E-state index >= 15 is 0 Å². The average molecular weight is 217 g/mol. The number of quaternary nitrogens is 1. The fourth-order valence-electron chi connectivity index (χ4n) is 2.60. The van der Waals surface area contributed by atoms with Gasteiger partial charge in [0.15, 0.2) is 0 Å². The van der Waals surface area contributed by atoms with Crippen LogP contribution >= 0.6 is 0 Å². The quantitative estimate of drug-likeness (QED) is 0.432. The van der Waals surface area contributed by atoms with Gasteiger partial charge in [0, 0.05) is 12.8 Å². The summed E-state index contributed by atoms with van der Waals surface area (Å²) >= 11 is 0. The van der Waals surface area contributed by atoms with Gasteiger partial charge in [-0.3, -0.25) is 0 Å². The van der Waals surface area contributed by atoms with E-state index in [1.165, 1.54) is 75.5 Å². The zero-order chi connectivity index (χ0) is 10.3. The van der Waals surface area contributed by atoms with Gasteiger partial charge in [0.25, 0.3) is 0 Å². The Balaban J connectivity index is 0.00000196. The minimum Gasteiger partial charge on any atom is -1.00 e. The standard InChI is InChI=1S/C13H28N.FH/c1-3-4-5-6-7-8-11-14(2)12-9-10-13-14;/h3-13H2,1-2H3;1H/q+1;/p-1. The average Bonchev–Trinajstić information content (AvgIpc) is 2.59. The van der Waals surface area contributed by atoms with E-state index in [-0.39, 0.29) is 4.70 Å². The van der Waals surface area contributed by atoms with Crippen LogP contribution in [0.3, 0.4) is 0 Å². The van der Waals surface area contributed by atoms with Crippen LogP contribution in [0.5, 0.6) is 0 Å². The summed E-state index contributed by atoms with van der Waals surface area (Å²) in [6.07, 6.45) is 11.6. The molecule has 1 heterocycles. The van der Waals surface area contributed by atoms with Crippen molar-refractivity contribution < 1.29 is 9.19 Å². The van der Waals surface area contributed by atoms with Crippen LogP contribution in [0, 0.1) is 0 Å². The summed E-state index contributed by atoms with van der Waals surface area (Å²) in [7, 11) is 2.44. The third-order valence-electron chi connectivity index (χ3n) is 3.70. The predicted molar refractivity (Wildman–Crippen MR) is 63.4 cm³/mol. The smallest absolute Gasteiger partial charge is 0.0786 e. The van der Waals surface area contributed by atoms with Gasteiger partial charge in [0.1, 0.15) is 0 Å². The first-order valence-electron chi connectivity index (χ1n) is 6.60. The van der Waals surface area contributed by atoms with E-state index in [0.29, 0.717) is 0 Å². The molecule has 1 rings (SSSR count). The number of nitrogens with zero attached hydrogens (tertiary/aromatic N) is 1. The Kier molecular flexibility index (Phi) is 8.03. The predicted octanol–water partition coefficient (Wildman–Crippen LogP) is 0.591. The van der Waals surface area contributed by atoms with Crippen molar-refractivity contribution in [3.63, 3.8) is 0 Å². The summed E-state index contributed by atoms with van der Waals surface area (Å²) in [6.45, 7) is 6.60. The minimum absolute atomic E-state index is 0. The maximum atomic E-state index is 2.44. The van der Waals surface area contributed by atoms with Crippen molar-refractivity contribution in [3.05, 3.63) is 0 Å². The molecule has 0 atom stereocenters. The van der Waals surface area contributed by atoms with Gasteiger partial charge in [0.2, 0.25) is 0 Å². The molecule has 1 aliphatic heterocycles. The number of likely N-dealkylation sites (tertiary alicyclic amines) is 1. The maximum absolute atomic E-state index is 2.44. The number of unbranched alkanes of at least 4 members (excludes halogenated alkanes) is 5. The molecule has 1 aliphatic rings. The van der Waals surface area contributed by atoms with Crippen molar-refractivity contribution in [1.82, 2.24) is 0 Å². The van der Waals surface area contributed by atoms with Crippen molar-refractivity contribution in [1.29, 1.82) is 0 Å². The highest BCUT2D eigenvalue weighted by atomic mass is 19.0. The highest BCUT2D eigenvalue weighted by molar-refractivity contribution is 4.52. The fraction of sp³-hybridized carbons (Fsp3) is 1.00. The van der Waals surface area contributed by atoms with Gasteiger partial charge in [-0.1, -0.05) is 32.6 Å². The van der Waals surface area contributed by atoms with Crippen LogP contribution in [0.4, 0.5) is 0 Å². The second kappa shape index (κ2) is 8.09. The molecule has 2 heteroatoms. The Morgan fingerprint density at radius 3 is 2.00 bits per heavy atom. The Morgan fingerprint density at radius 2 is 1.40 bits per heavy atom. The van der Waals surface area contributed by atoms with Gasteiger partial charge in [-0.05, 0) is 12.8 Å². The number of hydrogen-bond donors (Lipinski definition) is 0. The molecule has 1 saturated heterocycles. The molecule has 0 unspecified atom stereocenters. The van der Waals surface area contributed by atoms with Gasteiger partial charge < -0.3 is 9.19 Å². The van der Waals surface area contributed by atoms with E-state index in [9.17, 15) is 0 Å². The SMILES string of the molecule is CCCCCCCC[N+]1(C)CCCC1.[F-]. The molecule has 0 bridgehead atoms. The number of rotatable bonds is 7. The second-order valence-electron chi connectivity index (χ2n) is 5.27. The van der Waals surface area contributed by atoms with E-state index in [0.717, 1.165) is 0 Å². The highest BCUT2D eigenvalue weighted by Gasteiger charge is 2.25. The third kappa shape index (κ3) is 6.14. The van der Waals surface area contributed by atoms with E-state index in [1.807, 2.05) is 0 Å². The molecule has 0 radical (unpaired) electrons. The van der Waals surface area contributed by atoms with E-state index in [1.54, 1.807) is 0 Å². The summed E-state index contributed by atoms with van der Waals surface area (Å²) in [5, 5.41) is 0. The summed E-state index contributed by atoms with van der Waals surface area (Å²) in [4.78, 5) is 0. The highest BCUT2D eigenvalue weighted by Crippen LogP contribution is 2.17. The van der Waals surface area contributed by atoms with Crippen LogP contribution < -0.4 is 4.70 Å². The van der Waals surface area contributed by atoms with Crippen LogP contribution in [0.2, 0.25) is 0 Å². The molecular weight excluding hydrogens is 189 g/mol. The van der Waals surface area contributed by atoms with Crippen molar-refractivity contribution in [2.45, 2.75) is 58.3 Å². The normalized spacial score (nSPS) is 18.8. The van der Waals surface area contributed by atoms with Gasteiger partial charge in [-0.25, -0.2) is 0 Å². The Labute approximate surface area is 94.8 Å². The fourth-order valence-corrected chi connectivity index (χ4v) is 2.60. The zero-order valence-corrected chi connectivity index (χ0v) is 10.6. The topological polar surface area (TPSA) is 0 Å². The third-order valence-corrected chi connectivity index (χ3v) is 3.70. The van der Waals surface area contributed by atoms with Gasteiger partial charge >= 0.3 is 0 Å². The summed E-state index contributed by atoms with van der Waals surface area (Å²) in [5.74, 6) is 0. The monoisotopic (exact) mass is 217 g/mol. The summed E-state index contributed by atoms with van der Waals surface area (Å²) in [5.41, 5.74) is 0. The Hall–Kier alpha value is -0.110. The van der Waals surface area contributed by atoms with Crippen LogP contribution in [0.25, 0.3) is 0 Å². The maximum Gasteiger partial charge on any atom is 0.0786 e. The van der Waals surface area contributed by atoms with E-state index < -0.39 is 0 Å². The molecule has 1 fully saturated rings. The Morgan fingerprint density at radius 1 is 0.867 bits per heavy atom. The van der Waals surface area contributed by atoms with Crippen molar-refractivity contribution in [2.75, 3.05) is 26.7 Å². The number of halogens is 1. The van der Waals surface area contributed by atoms with Gasteiger partial charge in [-0.2, -0.15) is 0 Å². The van der Waals surface area contributed by atoms with Crippen molar-refractivity contribution in [3.8, 4) is 0 Å². The molecule has 15 heavy (non-hydrogen) atoms. The molecule has 0 spiro atoms. The first-order valence-corrected chi connectivity index (χ1v) is 6.60. The number of hydrogen-bond acceptors (Lipinski definition) is 0. The van der Waals surface area contributed by atoms with Crippen molar-refractivity contribution >= 4 is 0 Å². The van der Waals surface area contributed by atoms with Gasteiger partial charge in [0.05, 0.1) is 26.7 Å². The molecule has 0 saturated carbocycles. The first-order chi connectivity index (χ1) is 6.77. The molecular formula is C13H28FN. The van der Waals surface area contributed by atoms with E-state index in [4.69, 9.17) is 0 Å². The summed E-state index contributed by atoms with van der Waals surface area (Å²) < 4.78 is 1.37. The zero-order valence-electron chi connectivity index (χ0n) is 10.6. The van der Waals surface area contributed by atoms with E-state index in [2.05, 4.69) is 14.0 Å². The van der Waals surface area contributed by atoms with Crippen LogP contribution in [0.1, 0.15) is 58.3 Å². The lowest BCUT2D eigenvalue weighted by Gasteiger charge is -2.29.